The largest absolute Gasteiger partial charge is 0.466 e. The second-order valence-corrected chi connectivity index (χ2v) is 4.90. The number of ether oxygens (including phenoxy) is 3. The third-order valence-electron chi connectivity index (χ3n) is 3.32. The van der Waals surface area contributed by atoms with Crippen molar-refractivity contribution >= 4 is 23.6 Å². The van der Waals surface area contributed by atoms with E-state index < -0.39 is 17.9 Å². The van der Waals surface area contributed by atoms with E-state index in [2.05, 4.69) is 19.5 Å². The molecule has 0 atom stereocenters. The summed E-state index contributed by atoms with van der Waals surface area (Å²) in [7, 11) is 3.63. The van der Waals surface area contributed by atoms with Crippen LogP contribution in [0.5, 0.6) is 0 Å². The number of anilines is 1. The molecule has 0 radical (unpaired) electrons. The Balaban J connectivity index is 2.40. The quantitative estimate of drug-likeness (QED) is 0.476. The average molecular weight is 359 g/mol. The summed E-state index contributed by atoms with van der Waals surface area (Å²) in [4.78, 5) is 34.9. The third kappa shape index (κ3) is 4.29. The van der Waals surface area contributed by atoms with E-state index in [4.69, 9.17) is 4.42 Å². The van der Waals surface area contributed by atoms with Crippen molar-refractivity contribution < 1.29 is 33.0 Å². The van der Waals surface area contributed by atoms with Crippen LogP contribution >= 0.6 is 0 Å². The average Bonchev–Trinajstić information content (AvgIpc) is 3.16. The monoisotopic (exact) mass is 359 g/mol. The molecule has 136 valence electrons. The molecule has 0 spiro atoms. The van der Waals surface area contributed by atoms with Gasteiger partial charge in [-0.2, -0.15) is 0 Å². The third-order valence-corrected chi connectivity index (χ3v) is 3.32. The molecule has 2 aromatic rings. The molecule has 26 heavy (non-hydrogen) atoms. The number of methoxy groups -OCH3 is 3. The van der Waals surface area contributed by atoms with Gasteiger partial charge in [0.15, 0.2) is 0 Å². The topological polar surface area (TPSA) is 104 Å². The molecule has 0 bridgehead atoms. The highest BCUT2D eigenvalue weighted by molar-refractivity contribution is 5.99. The lowest BCUT2D eigenvalue weighted by atomic mass is 10.1. The lowest BCUT2D eigenvalue weighted by molar-refractivity contribution is -0.138. The van der Waals surface area contributed by atoms with Crippen LogP contribution in [0.25, 0.3) is 11.3 Å². The molecule has 1 heterocycles. The van der Waals surface area contributed by atoms with Gasteiger partial charge in [-0.15, -0.1) is 0 Å². The normalized spacial score (nSPS) is 10.8. The predicted octanol–water partition coefficient (Wildman–Crippen LogP) is 2.38. The van der Waals surface area contributed by atoms with Gasteiger partial charge in [0, 0.05) is 11.3 Å². The van der Waals surface area contributed by atoms with Gasteiger partial charge in [0.1, 0.15) is 11.5 Å². The maximum absolute atomic E-state index is 11.9. The molecule has 0 saturated carbocycles. The molecule has 2 rings (SSSR count). The summed E-state index contributed by atoms with van der Waals surface area (Å²) in [6, 6.07) is 9.93. The summed E-state index contributed by atoms with van der Waals surface area (Å²) in [6.07, 6.45) is 0.977. The number of rotatable bonds is 6. The number of nitrogens with one attached hydrogen (secondary N) is 1. The first-order valence-corrected chi connectivity index (χ1v) is 7.42. The number of hydrogen-bond donors (Lipinski definition) is 1. The zero-order valence-corrected chi connectivity index (χ0v) is 14.4. The SMILES string of the molecule is COC(=O)/C=C(/Nc1ccccc1-c1ccc(C(=O)OC)o1)C(=O)OC. The summed E-state index contributed by atoms with van der Waals surface area (Å²) in [5.41, 5.74) is 0.896. The molecule has 8 nitrogen and oxygen atoms in total. The van der Waals surface area contributed by atoms with Gasteiger partial charge in [-0.05, 0) is 24.3 Å². The van der Waals surface area contributed by atoms with Crippen LogP contribution in [-0.4, -0.2) is 39.2 Å². The van der Waals surface area contributed by atoms with E-state index in [9.17, 15) is 14.4 Å². The van der Waals surface area contributed by atoms with Gasteiger partial charge >= 0.3 is 17.9 Å². The van der Waals surface area contributed by atoms with Crippen molar-refractivity contribution in [1.82, 2.24) is 0 Å². The van der Waals surface area contributed by atoms with Gasteiger partial charge in [-0.3, -0.25) is 0 Å². The van der Waals surface area contributed by atoms with E-state index in [1.54, 1.807) is 30.3 Å². The van der Waals surface area contributed by atoms with Crippen molar-refractivity contribution in [3.63, 3.8) is 0 Å². The van der Waals surface area contributed by atoms with Crippen LogP contribution in [0.2, 0.25) is 0 Å². The number of esters is 3. The van der Waals surface area contributed by atoms with Crippen LogP contribution in [0.3, 0.4) is 0 Å². The fourth-order valence-corrected chi connectivity index (χ4v) is 2.08. The molecule has 0 saturated heterocycles. The molecule has 0 unspecified atom stereocenters. The molecule has 0 aliphatic carbocycles. The van der Waals surface area contributed by atoms with Gasteiger partial charge < -0.3 is 23.9 Å². The Kier molecular flexibility index (Phi) is 6.15. The van der Waals surface area contributed by atoms with E-state index in [0.717, 1.165) is 6.08 Å². The summed E-state index contributed by atoms with van der Waals surface area (Å²) < 4.78 is 19.3. The maximum atomic E-state index is 11.9. The molecular weight excluding hydrogens is 342 g/mol. The van der Waals surface area contributed by atoms with Crippen molar-refractivity contribution in [3.8, 4) is 11.3 Å². The molecule has 1 aromatic carbocycles. The van der Waals surface area contributed by atoms with Crippen LogP contribution in [0.1, 0.15) is 10.6 Å². The van der Waals surface area contributed by atoms with Gasteiger partial charge in [0.2, 0.25) is 5.76 Å². The Morgan fingerprint density at radius 1 is 0.962 bits per heavy atom. The van der Waals surface area contributed by atoms with Crippen LogP contribution in [0.4, 0.5) is 5.69 Å². The Hall–Kier alpha value is -3.55. The van der Waals surface area contributed by atoms with Gasteiger partial charge in [-0.25, -0.2) is 14.4 Å². The summed E-state index contributed by atoms with van der Waals surface area (Å²) in [6.45, 7) is 0. The first kappa shape index (κ1) is 18.8. The van der Waals surface area contributed by atoms with E-state index in [1.807, 2.05) is 0 Å². The van der Waals surface area contributed by atoms with Gasteiger partial charge in [-0.1, -0.05) is 12.1 Å². The number of carbonyl (C=O) groups excluding carboxylic acids is 3. The highest BCUT2D eigenvalue weighted by atomic mass is 16.5. The molecular formula is C18H17NO7. The van der Waals surface area contributed by atoms with Crippen molar-refractivity contribution in [1.29, 1.82) is 0 Å². The lowest BCUT2D eigenvalue weighted by Crippen LogP contribution is -2.15. The first-order valence-electron chi connectivity index (χ1n) is 7.42. The summed E-state index contributed by atoms with van der Waals surface area (Å²) >= 11 is 0. The minimum Gasteiger partial charge on any atom is -0.466 e. The van der Waals surface area contributed by atoms with Crippen LogP contribution in [0.15, 0.2) is 52.6 Å². The second-order valence-electron chi connectivity index (χ2n) is 4.90. The van der Waals surface area contributed by atoms with E-state index >= 15 is 0 Å². The minimum absolute atomic E-state index is 0.0376. The predicted molar refractivity (Wildman–Crippen MR) is 91.2 cm³/mol. The molecule has 0 aliphatic heterocycles. The molecule has 1 N–H and O–H groups in total. The maximum Gasteiger partial charge on any atom is 0.373 e. The zero-order chi connectivity index (χ0) is 19.1. The Morgan fingerprint density at radius 2 is 1.69 bits per heavy atom. The van der Waals surface area contributed by atoms with Crippen molar-refractivity contribution in [2.24, 2.45) is 0 Å². The Bertz CT molecular complexity index is 851. The van der Waals surface area contributed by atoms with Crippen molar-refractivity contribution in [3.05, 3.63) is 53.9 Å². The number of hydrogen-bond acceptors (Lipinski definition) is 8. The summed E-state index contributed by atoms with van der Waals surface area (Å²) in [5, 5.41) is 2.82. The van der Waals surface area contributed by atoms with Crippen LogP contribution < -0.4 is 5.32 Å². The Morgan fingerprint density at radius 3 is 2.35 bits per heavy atom. The molecule has 0 fully saturated rings. The molecule has 1 aromatic heterocycles. The zero-order valence-electron chi connectivity index (χ0n) is 14.4. The van der Waals surface area contributed by atoms with Crippen molar-refractivity contribution in [2.75, 3.05) is 26.6 Å². The molecule has 0 amide bonds. The first-order chi connectivity index (χ1) is 12.5. The lowest BCUT2D eigenvalue weighted by Gasteiger charge is -2.12. The molecule has 8 heteroatoms. The smallest absolute Gasteiger partial charge is 0.373 e. The number of furan rings is 1. The van der Waals surface area contributed by atoms with E-state index in [1.165, 1.54) is 27.4 Å². The van der Waals surface area contributed by atoms with Crippen LogP contribution in [-0.2, 0) is 23.8 Å². The number of carbonyl (C=O) groups is 3. The van der Waals surface area contributed by atoms with E-state index in [-0.39, 0.29) is 11.5 Å². The second kappa shape index (κ2) is 8.52. The van der Waals surface area contributed by atoms with Crippen LogP contribution in [0, 0.1) is 0 Å². The summed E-state index contributed by atoms with van der Waals surface area (Å²) in [5.74, 6) is -1.67. The highest BCUT2D eigenvalue weighted by Gasteiger charge is 2.17. The fraction of sp³-hybridized carbons (Fsp3) is 0.167. The Labute approximate surface area is 149 Å². The standard InChI is InChI=1S/C18H17NO7/c1-23-16(20)10-13(17(21)24-2)19-12-7-5-4-6-11(12)14-8-9-15(26-14)18(22)25-3/h4-10,19H,1-3H3/b13-10+. The van der Waals surface area contributed by atoms with E-state index in [0.29, 0.717) is 17.0 Å². The van der Waals surface area contributed by atoms with Gasteiger partial charge in [0.05, 0.1) is 27.4 Å². The minimum atomic E-state index is -0.750. The van der Waals surface area contributed by atoms with Gasteiger partial charge in [0.25, 0.3) is 0 Å². The highest BCUT2D eigenvalue weighted by Crippen LogP contribution is 2.30. The number of para-hydroxylation sites is 1. The fourth-order valence-electron chi connectivity index (χ4n) is 2.08. The van der Waals surface area contributed by atoms with Crippen molar-refractivity contribution in [2.45, 2.75) is 0 Å². The molecule has 0 aliphatic rings. The number of benzene rings is 1.